The lowest BCUT2D eigenvalue weighted by Gasteiger charge is -2.45. The second-order valence-electron chi connectivity index (χ2n) is 6.01. The standard InChI is InChI=1S/C18H15N5/c19-8-15-13-5-1-2-6-14(13)16(12-4-3-7-23-9-12)18(10-20,11-21)17(15)22/h3-5,7,9,14-16,22H,1-2,6H2/t14-,15?,16+/m1/s1. The molecule has 23 heavy (non-hydrogen) atoms. The van der Waals surface area contributed by atoms with Crippen molar-refractivity contribution in [3.8, 4) is 18.2 Å². The lowest BCUT2D eigenvalue weighted by atomic mass is 9.53. The maximum atomic E-state index is 9.78. The van der Waals surface area contributed by atoms with Gasteiger partial charge >= 0.3 is 0 Å². The minimum atomic E-state index is -1.61. The number of nitrogens with one attached hydrogen (secondary N) is 1. The van der Waals surface area contributed by atoms with E-state index in [9.17, 15) is 15.8 Å². The first kappa shape index (κ1) is 14.9. The molecule has 1 N–H and O–H groups in total. The zero-order valence-corrected chi connectivity index (χ0v) is 12.5. The van der Waals surface area contributed by atoms with Crippen LogP contribution < -0.4 is 0 Å². The largest absolute Gasteiger partial charge is 0.305 e. The topological polar surface area (TPSA) is 108 Å². The van der Waals surface area contributed by atoms with Gasteiger partial charge in [-0.05, 0) is 42.4 Å². The van der Waals surface area contributed by atoms with Crippen LogP contribution in [0.2, 0.25) is 0 Å². The van der Waals surface area contributed by atoms with Crippen molar-refractivity contribution in [2.45, 2.75) is 25.2 Å². The summed E-state index contributed by atoms with van der Waals surface area (Å²) in [6.07, 6.45) is 8.00. The molecule has 0 aromatic carbocycles. The van der Waals surface area contributed by atoms with Crippen LogP contribution in [0.15, 0.2) is 36.2 Å². The lowest BCUT2D eigenvalue weighted by molar-refractivity contribution is 0.320. The van der Waals surface area contributed by atoms with Gasteiger partial charge in [0.05, 0.1) is 23.9 Å². The Hall–Kier alpha value is -2.97. The van der Waals surface area contributed by atoms with E-state index < -0.39 is 17.3 Å². The Labute approximate surface area is 135 Å². The minimum absolute atomic E-state index is 0.0639. The van der Waals surface area contributed by atoms with E-state index in [4.69, 9.17) is 5.41 Å². The SMILES string of the molecule is N#CC1C(=N)C(C#N)(C#N)[C@@H](c2cccnc2)[C@@H]2CCCC=C12. The van der Waals surface area contributed by atoms with E-state index in [-0.39, 0.29) is 11.6 Å². The molecular weight excluding hydrogens is 286 g/mol. The molecule has 0 bridgehead atoms. The molecule has 0 aliphatic heterocycles. The van der Waals surface area contributed by atoms with E-state index in [2.05, 4.69) is 23.2 Å². The normalized spacial score (nSPS) is 28.5. The van der Waals surface area contributed by atoms with Crippen molar-refractivity contribution in [3.63, 3.8) is 0 Å². The Kier molecular flexibility index (Phi) is 3.68. The summed E-state index contributed by atoms with van der Waals surface area (Å²) in [6, 6.07) is 9.91. The summed E-state index contributed by atoms with van der Waals surface area (Å²) in [6.45, 7) is 0. The van der Waals surface area contributed by atoms with E-state index in [1.54, 1.807) is 18.5 Å². The van der Waals surface area contributed by atoms with Crippen molar-refractivity contribution in [2.75, 3.05) is 0 Å². The summed E-state index contributed by atoms with van der Waals surface area (Å²) < 4.78 is 0. The highest BCUT2D eigenvalue weighted by Gasteiger charge is 2.57. The molecule has 5 nitrogen and oxygen atoms in total. The van der Waals surface area contributed by atoms with Crippen LogP contribution in [0.25, 0.3) is 0 Å². The third-order valence-corrected chi connectivity index (χ3v) is 4.97. The number of nitrogens with zero attached hydrogens (tertiary/aromatic N) is 4. The van der Waals surface area contributed by atoms with Crippen LogP contribution in [0.4, 0.5) is 0 Å². The Balaban J connectivity index is 2.26. The third-order valence-electron chi connectivity index (χ3n) is 4.97. The van der Waals surface area contributed by atoms with Crippen molar-refractivity contribution in [1.82, 2.24) is 4.98 Å². The first-order chi connectivity index (χ1) is 11.2. The molecule has 1 saturated carbocycles. The first-order valence-corrected chi connectivity index (χ1v) is 7.60. The predicted molar refractivity (Wildman–Crippen MR) is 82.9 cm³/mol. The van der Waals surface area contributed by atoms with E-state index in [0.29, 0.717) is 0 Å². The number of hydrogen-bond acceptors (Lipinski definition) is 5. The molecule has 5 heteroatoms. The fraction of sp³-hybridized carbons (Fsp3) is 0.389. The van der Waals surface area contributed by atoms with Crippen molar-refractivity contribution < 1.29 is 0 Å². The summed E-state index contributed by atoms with van der Waals surface area (Å²) in [7, 11) is 0. The van der Waals surface area contributed by atoms with Gasteiger partial charge in [-0.2, -0.15) is 15.8 Å². The Morgan fingerprint density at radius 1 is 1.26 bits per heavy atom. The summed E-state index contributed by atoms with van der Waals surface area (Å²) in [4.78, 5) is 4.12. The number of aromatic nitrogens is 1. The maximum Gasteiger partial charge on any atom is 0.189 e. The zero-order valence-electron chi connectivity index (χ0n) is 12.5. The minimum Gasteiger partial charge on any atom is -0.305 e. The van der Waals surface area contributed by atoms with Gasteiger partial charge in [0, 0.05) is 18.3 Å². The highest BCUT2D eigenvalue weighted by Crippen LogP contribution is 2.54. The zero-order chi connectivity index (χ0) is 16.4. The van der Waals surface area contributed by atoms with Crippen LogP contribution in [0.3, 0.4) is 0 Å². The van der Waals surface area contributed by atoms with E-state index >= 15 is 0 Å². The molecule has 3 rings (SSSR count). The van der Waals surface area contributed by atoms with E-state index in [0.717, 1.165) is 30.4 Å². The van der Waals surface area contributed by atoms with Crippen LogP contribution in [-0.4, -0.2) is 10.7 Å². The molecule has 3 atom stereocenters. The number of rotatable bonds is 1. The highest BCUT2D eigenvalue weighted by atomic mass is 14.7. The van der Waals surface area contributed by atoms with Crippen LogP contribution in [0.1, 0.15) is 30.7 Å². The summed E-state index contributed by atoms with van der Waals surface area (Å²) in [5.41, 5.74) is -0.0144. The van der Waals surface area contributed by atoms with Gasteiger partial charge in [-0.3, -0.25) is 4.98 Å². The smallest absolute Gasteiger partial charge is 0.189 e. The molecule has 1 unspecified atom stereocenters. The number of nitriles is 3. The molecule has 2 aliphatic carbocycles. The predicted octanol–water partition coefficient (Wildman–Crippen LogP) is 3.10. The molecule has 0 amide bonds. The number of allylic oxidation sites excluding steroid dienone is 2. The molecule has 0 saturated heterocycles. The van der Waals surface area contributed by atoms with Gasteiger partial charge < -0.3 is 5.41 Å². The van der Waals surface area contributed by atoms with Crippen LogP contribution in [-0.2, 0) is 0 Å². The number of hydrogen-bond donors (Lipinski definition) is 1. The monoisotopic (exact) mass is 301 g/mol. The average molecular weight is 301 g/mol. The molecule has 0 spiro atoms. The second-order valence-corrected chi connectivity index (χ2v) is 6.01. The van der Waals surface area contributed by atoms with Crippen molar-refractivity contribution in [2.24, 2.45) is 17.3 Å². The van der Waals surface area contributed by atoms with Gasteiger partial charge in [0.2, 0.25) is 0 Å². The highest BCUT2D eigenvalue weighted by molar-refractivity contribution is 6.00. The van der Waals surface area contributed by atoms with E-state index in [1.165, 1.54) is 0 Å². The molecular formula is C18H15N5. The van der Waals surface area contributed by atoms with Crippen LogP contribution >= 0.6 is 0 Å². The van der Waals surface area contributed by atoms with Gasteiger partial charge in [-0.15, -0.1) is 0 Å². The summed E-state index contributed by atoms with van der Waals surface area (Å²) in [5.74, 6) is -1.28. The van der Waals surface area contributed by atoms with Crippen LogP contribution in [0, 0.1) is 56.7 Å². The Bertz CT molecular complexity index is 773. The van der Waals surface area contributed by atoms with Gasteiger partial charge in [-0.1, -0.05) is 12.1 Å². The average Bonchev–Trinajstić information content (AvgIpc) is 2.61. The van der Waals surface area contributed by atoms with Crippen LogP contribution in [0.5, 0.6) is 0 Å². The molecule has 1 aromatic heterocycles. The van der Waals surface area contributed by atoms with Gasteiger partial charge in [0.1, 0.15) is 5.92 Å². The van der Waals surface area contributed by atoms with E-state index in [1.807, 2.05) is 12.1 Å². The fourth-order valence-electron chi connectivity index (χ4n) is 3.95. The summed E-state index contributed by atoms with van der Waals surface area (Å²) >= 11 is 0. The number of fused-ring (bicyclic) bond motifs is 1. The lowest BCUT2D eigenvalue weighted by Crippen LogP contribution is -2.48. The van der Waals surface area contributed by atoms with Crippen molar-refractivity contribution in [1.29, 1.82) is 21.2 Å². The van der Waals surface area contributed by atoms with Gasteiger partial charge in [0.15, 0.2) is 5.41 Å². The third kappa shape index (κ3) is 2.04. The Morgan fingerprint density at radius 2 is 2.04 bits per heavy atom. The van der Waals surface area contributed by atoms with Crippen molar-refractivity contribution in [3.05, 3.63) is 41.7 Å². The quantitative estimate of drug-likeness (QED) is 0.804. The molecule has 2 aliphatic rings. The molecule has 1 aromatic rings. The number of pyridine rings is 1. The fourth-order valence-corrected chi connectivity index (χ4v) is 3.95. The summed E-state index contributed by atoms with van der Waals surface area (Å²) in [5, 5.41) is 37.5. The molecule has 112 valence electrons. The van der Waals surface area contributed by atoms with Gasteiger partial charge in [-0.25, -0.2) is 0 Å². The molecule has 0 radical (unpaired) electrons. The van der Waals surface area contributed by atoms with Gasteiger partial charge in [0.25, 0.3) is 0 Å². The maximum absolute atomic E-state index is 9.78. The second kappa shape index (κ2) is 5.67. The first-order valence-electron chi connectivity index (χ1n) is 7.60. The Morgan fingerprint density at radius 3 is 2.65 bits per heavy atom. The van der Waals surface area contributed by atoms with Crippen molar-refractivity contribution >= 4 is 5.71 Å². The molecule has 1 heterocycles. The molecule has 1 fully saturated rings.